The molecule has 4 nitrogen and oxygen atoms in total. The highest BCUT2D eigenvalue weighted by molar-refractivity contribution is 7.79. The maximum atomic E-state index is 8.74. The summed E-state index contributed by atoms with van der Waals surface area (Å²) >= 11 is 0. The smallest absolute Gasteiger partial charge is 0.264 e. The van der Waals surface area contributed by atoms with Crippen LogP contribution < -0.4 is 0 Å². The van der Waals surface area contributed by atoms with Gasteiger partial charge in [-0.2, -0.15) is 8.42 Å². The third-order valence-corrected chi connectivity index (χ3v) is 2.07. The van der Waals surface area contributed by atoms with Gasteiger partial charge < -0.3 is 0 Å². The number of hydrogen-bond donors (Lipinski definition) is 2. The van der Waals surface area contributed by atoms with E-state index in [0.29, 0.717) is 0 Å². The van der Waals surface area contributed by atoms with E-state index in [0.717, 1.165) is 0 Å². The largest absolute Gasteiger partial charge is 0.394 e. The molecule has 100 valence electrons. The summed E-state index contributed by atoms with van der Waals surface area (Å²) in [4.78, 5) is 0. The SMILES string of the molecule is C(=C\c1ccccc1)/c1ccccc1.O=S(=O)(O)O. The Kier molecular flexibility index (Phi) is 5.95. The van der Waals surface area contributed by atoms with Crippen LogP contribution in [0.15, 0.2) is 60.7 Å². The minimum Gasteiger partial charge on any atom is -0.264 e. The molecule has 2 aromatic carbocycles. The van der Waals surface area contributed by atoms with Crippen LogP contribution in [0.4, 0.5) is 0 Å². The van der Waals surface area contributed by atoms with Crippen molar-refractivity contribution in [2.75, 3.05) is 0 Å². The first-order chi connectivity index (χ1) is 8.95. The van der Waals surface area contributed by atoms with Crippen molar-refractivity contribution in [1.82, 2.24) is 0 Å². The zero-order valence-corrected chi connectivity index (χ0v) is 10.9. The Morgan fingerprint density at radius 3 is 1.21 bits per heavy atom. The van der Waals surface area contributed by atoms with E-state index in [1.54, 1.807) is 0 Å². The topological polar surface area (TPSA) is 74.6 Å². The lowest BCUT2D eigenvalue weighted by Crippen LogP contribution is -1.89. The molecule has 0 unspecified atom stereocenters. The Morgan fingerprint density at radius 1 is 0.684 bits per heavy atom. The summed E-state index contributed by atoms with van der Waals surface area (Å²) < 4.78 is 31.6. The second-order valence-electron chi connectivity index (χ2n) is 3.60. The van der Waals surface area contributed by atoms with Crippen molar-refractivity contribution in [2.45, 2.75) is 0 Å². The zero-order valence-electron chi connectivity index (χ0n) is 10.0. The van der Waals surface area contributed by atoms with Crippen molar-refractivity contribution in [2.24, 2.45) is 0 Å². The van der Waals surface area contributed by atoms with E-state index in [9.17, 15) is 0 Å². The molecule has 0 aliphatic carbocycles. The van der Waals surface area contributed by atoms with Crippen molar-refractivity contribution in [3.8, 4) is 0 Å². The van der Waals surface area contributed by atoms with Crippen molar-refractivity contribution in [3.05, 3.63) is 71.8 Å². The van der Waals surface area contributed by atoms with E-state index in [4.69, 9.17) is 17.5 Å². The standard InChI is InChI=1S/C14H12.H2O4S/c1-3-7-13(8-4-1)11-12-14-9-5-2-6-10-14;1-5(2,3)4/h1-12H;(H2,1,2,3,4)/b12-11+;. The highest BCUT2D eigenvalue weighted by atomic mass is 32.3. The molecular formula is C14H14O4S. The predicted molar refractivity (Wildman–Crippen MR) is 76.0 cm³/mol. The molecule has 0 radical (unpaired) electrons. The first-order valence-electron chi connectivity index (χ1n) is 5.43. The van der Waals surface area contributed by atoms with Crippen LogP contribution in [0, 0.1) is 0 Å². The molecular weight excluding hydrogens is 264 g/mol. The molecule has 2 rings (SSSR count). The minimum absolute atomic E-state index is 1.23. The minimum atomic E-state index is -4.67. The third-order valence-electron chi connectivity index (χ3n) is 2.07. The number of hydrogen-bond acceptors (Lipinski definition) is 2. The number of benzene rings is 2. The molecule has 2 aromatic rings. The Balaban J connectivity index is 0.000000312. The van der Waals surface area contributed by atoms with E-state index < -0.39 is 10.4 Å². The average Bonchev–Trinajstić information content (AvgIpc) is 2.37. The van der Waals surface area contributed by atoms with Gasteiger partial charge in [-0.15, -0.1) is 0 Å². The van der Waals surface area contributed by atoms with Crippen molar-refractivity contribution < 1.29 is 17.5 Å². The quantitative estimate of drug-likeness (QED) is 0.653. The van der Waals surface area contributed by atoms with Crippen molar-refractivity contribution in [3.63, 3.8) is 0 Å². The zero-order chi connectivity index (χ0) is 14.1. The maximum Gasteiger partial charge on any atom is 0.394 e. The van der Waals surface area contributed by atoms with Gasteiger partial charge in [0.2, 0.25) is 0 Å². The highest BCUT2D eigenvalue weighted by Gasteiger charge is 1.85. The van der Waals surface area contributed by atoms with E-state index in [1.807, 2.05) is 36.4 Å². The molecule has 0 saturated heterocycles. The van der Waals surface area contributed by atoms with Crippen LogP contribution in [0.2, 0.25) is 0 Å². The molecule has 0 saturated carbocycles. The second kappa shape index (κ2) is 7.48. The molecule has 2 N–H and O–H groups in total. The highest BCUT2D eigenvalue weighted by Crippen LogP contribution is 2.06. The summed E-state index contributed by atoms with van der Waals surface area (Å²) in [6, 6.07) is 20.6. The predicted octanol–water partition coefficient (Wildman–Crippen LogP) is 3.20. The molecule has 0 fully saturated rings. The van der Waals surface area contributed by atoms with Crippen LogP contribution in [-0.4, -0.2) is 17.5 Å². The molecule has 0 heterocycles. The summed E-state index contributed by atoms with van der Waals surface area (Å²) in [6.45, 7) is 0. The van der Waals surface area contributed by atoms with Crippen LogP contribution in [-0.2, 0) is 10.4 Å². The first-order valence-corrected chi connectivity index (χ1v) is 6.83. The lowest BCUT2D eigenvalue weighted by Gasteiger charge is -1.92. The van der Waals surface area contributed by atoms with E-state index in [2.05, 4.69) is 36.4 Å². The first kappa shape index (κ1) is 15.1. The van der Waals surface area contributed by atoms with E-state index in [1.165, 1.54) is 11.1 Å². The molecule has 5 heteroatoms. The van der Waals surface area contributed by atoms with Crippen LogP contribution >= 0.6 is 0 Å². The van der Waals surface area contributed by atoms with Gasteiger partial charge in [0, 0.05) is 0 Å². The van der Waals surface area contributed by atoms with Gasteiger partial charge in [-0.1, -0.05) is 72.8 Å². The van der Waals surface area contributed by atoms with Crippen LogP contribution in [0.1, 0.15) is 11.1 Å². The van der Waals surface area contributed by atoms with Crippen molar-refractivity contribution in [1.29, 1.82) is 0 Å². The van der Waals surface area contributed by atoms with Gasteiger partial charge in [-0.05, 0) is 11.1 Å². The summed E-state index contributed by atoms with van der Waals surface area (Å²) in [5.74, 6) is 0. The lowest BCUT2D eigenvalue weighted by atomic mass is 10.1. The summed E-state index contributed by atoms with van der Waals surface area (Å²) in [5, 5.41) is 0. The number of rotatable bonds is 2. The Hall–Kier alpha value is -1.95. The Labute approximate surface area is 112 Å². The molecule has 0 atom stereocenters. The Morgan fingerprint density at radius 2 is 0.947 bits per heavy atom. The van der Waals surface area contributed by atoms with Gasteiger partial charge in [0.15, 0.2) is 0 Å². The molecule has 19 heavy (non-hydrogen) atoms. The molecule has 0 bridgehead atoms. The van der Waals surface area contributed by atoms with E-state index >= 15 is 0 Å². The van der Waals surface area contributed by atoms with Gasteiger partial charge in [-0.3, -0.25) is 9.11 Å². The van der Waals surface area contributed by atoms with Gasteiger partial charge in [-0.25, -0.2) is 0 Å². The average molecular weight is 278 g/mol. The fraction of sp³-hybridized carbons (Fsp3) is 0. The fourth-order valence-corrected chi connectivity index (χ4v) is 1.32. The maximum absolute atomic E-state index is 8.74. The second-order valence-corrected chi connectivity index (χ2v) is 4.50. The van der Waals surface area contributed by atoms with Gasteiger partial charge in [0.25, 0.3) is 0 Å². The van der Waals surface area contributed by atoms with Crippen LogP contribution in [0.25, 0.3) is 12.2 Å². The van der Waals surface area contributed by atoms with Crippen LogP contribution in [0.3, 0.4) is 0 Å². The summed E-state index contributed by atoms with van der Waals surface area (Å²) in [7, 11) is -4.67. The molecule has 0 spiro atoms. The molecule has 0 aromatic heterocycles. The fourth-order valence-electron chi connectivity index (χ4n) is 1.32. The third kappa shape index (κ3) is 8.73. The van der Waals surface area contributed by atoms with Gasteiger partial charge in [0.05, 0.1) is 0 Å². The summed E-state index contributed by atoms with van der Waals surface area (Å²) in [6.07, 6.45) is 4.24. The molecule has 0 amide bonds. The van der Waals surface area contributed by atoms with Crippen LogP contribution in [0.5, 0.6) is 0 Å². The summed E-state index contributed by atoms with van der Waals surface area (Å²) in [5.41, 5.74) is 2.47. The molecule has 0 aliphatic heterocycles. The monoisotopic (exact) mass is 278 g/mol. The lowest BCUT2D eigenvalue weighted by molar-refractivity contribution is 0.381. The molecule has 0 aliphatic rings. The van der Waals surface area contributed by atoms with Crippen molar-refractivity contribution >= 4 is 22.6 Å². The van der Waals surface area contributed by atoms with Gasteiger partial charge in [0.1, 0.15) is 0 Å². The Bertz CT molecular complexity index is 555. The normalized spacial score (nSPS) is 10.8. The van der Waals surface area contributed by atoms with Gasteiger partial charge >= 0.3 is 10.4 Å². The van der Waals surface area contributed by atoms with E-state index in [-0.39, 0.29) is 0 Å².